The first-order valence-electron chi connectivity index (χ1n) is 7.32. The number of aromatic nitrogens is 2. The highest BCUT2D eigenvalue weighted by molar-refractivity contribution is 6.00. The number of ether oxygens (including phenoxy) is 1. The second-order valence-corrected chi connectivity index (χ2v) is 5.60. The lowest BCUT2D eigenvalue weighted by Crippen LogP contribution is -2.30. The molecule has 0 radical (unpaired) electrons. The number of nitrogens with one attached hydrogen (secondary N) is 2. The van der Waals surface area contributed by atoms with Crippen LogP contribution in [0.1, 0.15) is 36.3 Å². The standard InChI is InChI=1S/C16H22N4O2/c1-10(2)7-8-22-13-6-4-5-12(9-13)15-14(16(21)18-17)11(3)19-20-15/h4-6,9-10H,7-8,17H2,1-3H3,(H,18,21)(H,19,20). The number of carbonyl (C=O) groups excluding carboxylic acids is 1. The number of nitrogen functional groups attached to an aromatic ring is 1. The molecule has 1 aromatic heterocycles. The van der Waals surface area contributed by atoms with Crippen LogP contribution in [0.2, 0.25) is 0 Å². The molecule has 0 saturated heterocycles. The summed E-state index contributed by atoms with van der Waals surface area (Å²) in [7, 11) is 0. The second kappa shape index (κ2) is 7.09. The Kier molecular flexibility index (Phi) is 5.16. The zero-order chi connectivity index (χ0) is 16.1. The van der Waals surface area contributed by atoms with Gasteiger partial charge in [-0.05, 0) is 31.4 Å². The quantitative estimate of drug-likeness (QED) is 0.434. The van der Waals surface area contributed by atoms with Gasteiger partial charge in [0.2, 0.25) is 0 Å². The van der Waals surface area contributed by atoms with Crippen LogP contribution in [0, 0.1) is 12.8 Å². The van der Waals surface area contributed by atoms with E-state index in [0.717, 1.165) is 17.7 Å². The van der Waals surface area contributed by atoms with Crippen molar-refractivity contribution in [1.82, 2.24) is 15.6 Å². The van der Waals surface area contributed by atoms with Crippen LogP contribution in [0.15, 0.2) is 24.3 Å². The first-order chi connectivity index (χ1) is 10.5. The molecule has 2 rings (SSSR count). The smallest absolute Gasteiger partial charge is 0.269 e. The van der Waals surface area contributed by atoms with E-state index >= 15 is 0 Å². The highest BCUT2D eigenvalue weighted by Crippen LogP contribution is 2.27. The van der Waals surface area contributed by atoms with E-state index in [2.05, 4.69) is 29.5 Å². The minimum atomic E-state index is -0.368. The van der Waals surface area contributed by atoms with Gasteiger partial charge in [-0.3, -0.25) is 15.3 Å². The fourth-order valence-electron chi connectivity index (χ4n) is 2.13. The lowest BCUT2D eigenvalue weighted by Gasteiger charge is -2.09. The van der Waals surface area contributed by atoms with Crippen molar-refractivity contribution in [2.24, 2.45) is 11.8 Å². The number of benzene rings is 1. The molecule has 4 N–H and O–H groups in total. The molecule has 0 saturated carbocycles. The molecule has 2 aromatic rings. The van der Waals surface area contributed by atoms with E-state index in [0.29, 0.717) is 29.5 Å². The maximum Gasteiger partial charge on any atom is 0.269 e. The average Bonchev–Trinajstić information content (AvgIpc) is 2.88. The van der Waals surface area contributed by atoms with Gasteiger partial charge in [-0.2, -0.15) is 5.10 Å². The van der Waals surface area contributed by atoms with Gasteiger partial charge < -0.3 is 4.74 Å². The fraction of sp³-hybridized carbons (Fsp3) is 0.375. The summed E-state index contributed by atoms with van der Waals surface area (Å²) >= 11 is 0. The van der Waals surface area contributed by atoms with Gasteiger partial charge in [-0.15, -0.1) is 0 Å². The number of hydrazine groups is 1. The Labute approximate surface area is 130 Å². The number of rotatable bonds is 6. The number of amides is 1. The molecule has 0 aliphatic rings. The molecule has 22 heavy (non-hydrogen) atoms. The topological polar surface area (TPSA) is 93.0 Å². The summed E-state index contributed by atoms with van der Waals surface area (Å²) in [6, 6.07) is 7.54. The third kappa shape index (κ3) is 3.65. The van der Waals surface area contributed by atoms with Gasteiger partial charge in [0.05, 0.1) is 12.2 Å². The van der Waals surface area contributed by atoms with E-state index < -0.39 is 0 Å². The summed E-state index contributed by atoms with van der Waals surface area (Å²) in [5.74, 6) is 6.23. The highest BCUT2D eigenvalue weighted by Gasteiger charge is 2.18. The zero-order valence-electron chi connectivity index (χ0n) is 13.1. The van der Waals surface area contributed by atoms with Crippen molar-refractivity contribution >= 4 is 5.91 Å². The normalized spacial score (nSPS) is 10.8. The minimum absolute atomic E-state index is 0.368. The largest absolute Gasteiger partial charge is 0.494 e. The van der Waals surface area contributed by atoms with Gasteiger partial charge in [0.1, 0.15) is 11.4 Å². The number of hydrogen-bond donors (Lipinski definition) is 3. The van der Waals surface area contributed by atoms with Crippen molar-refractivity contribution in [3.05, 3.63) is 35.5 Å². The lowest BCUT2D eigenvalue weighted by molar-refractivity contribution is 0.0953. The van der Waals surface area contributed by atoms with Crippen LogP contribution in [-0.2, 0) is 0 Å². The molecule has 0 unspecified atom stereocenters. The molecule has 0 spiro atoms. The predicted octanol–water partition coefficient (Wildman–Crippen LogP) is 2.41. The number of nitrogens with two attached hydrogens (primary N) is 1. The highest BCUT2D eigenvalue weighted by atomic mass is 16.5. The number of H-pyrrole nitrogens is 1. The summed E-state index contributed by atoms with van der Waals surface area (Å²) in [6.07, 6.45) is 0.993. The van der Waals surface area contributed by atoms with E-state index in [9.17, 15) is 4.79 Å². The predicted molar refractivity (Wildman–Crippen MR) is 85.4 cm³/mol. The summed E-state index contributed by atoms with van der Waals surface area (Å²) in [5, 5.41) is 7.03. The molecule has 118 valence electrons. The Morgan fingerprint density at radius 1 is 1.45 bits per heavy atom. The summed E-state index contributed by atoms with van der Waals surface area (Å²) in [4.78, 5) is 11.9. The molecule has 1 amide bonds. The molecule has 0 aliphatic heterocycles. The number of carbonyl (C=O) groups is 1. The van der Waals surface area contributed by atoms with Gasteiger partial charge in [-0.1, -0.05) is 26.0 Å². The van der Waals surface area contributed by atoms with Crippen LogP contribution in [0.4, 0.5) is 0 Å². The fourth-order valence-corrected chi connectivity index (χ4v) is 2.13. The Hall–Kier alpha value is -2.34. The number of nitrogens with zero attached hydrogens (tertiary/aromatic N) is 1. The van der Waals surface area contributed by atoms with Crippen molar-refractivity contribution in [1.29, 1.82) is 0 Å². The molecular weight excluding hydrogens is 280 g/mol. The Bertz CT molecular complexity index is 649. The SMILES string of the molecule is Cc1[nH]nc(-c2cccc(OCCC(C)C)c2)c1C(=O)NN. The summed E-state index contributed by atoms with van der Waals surface area (Å²) in [5.41, 5.74) is 4.64. The average molecular weight is 302 g/mol. The van der Waals surface area contributed by atoms with Crippen LogP contribution >= 0.6 is 0 Å². The van der Waals surface area contributed by atoms with Crippen LogP contribution in [0.3, 0.4) is 0 Å². The molecule has 0 atom stereocenters. The minimum Gasteiger partial charge on any atom is -0.494 e. The van der Waals surface area contributed by atoms with Gasteiger partial charge >= 0.3 is 0 Å². The van der Waals surface area contributed by atoms with Gasteiger partial charge in [0.25, 0.3) is 5.91 Å². The maximum atomic E-state index is 11.9. The van der Waals surface area contributed by atoms with Gasteiger partial charge in [0, 0.05) is 11.3 Å². The third-order valence-corrected chi connectivity index (χ3v) is 3.38. The van der Waals surface area contributed by atoms with Crippen LogP contribution in [-0.4, -0.2) is 22.7 Å². The molecule has 0 fully saturated rings. The Morgan fingerprint density at radius 3 is 2.91 bits per heavy atom. The number of hydrogen-bond acceptors (Lipinski definition) is 4. The monoisotopic (exact) mass is 302 g/mol. The molecule has 6 heteroatoms. The van der Waals surface area contributed by atoms with E-state index in [1.54, 1.807) is 6.92 Å². The lowest BCUT2D eigenvalue weighted by atomic mass is 10.1. The van der Waals surface area contributed by atoms with Crippen LogP contribution in [0.25, 0.3) is 11.3 Å². The second-order valence-electron chi connectivity index (χ2n) is 5.60. The molecule has 1 heterocycles. The summed E-state index contributed by atoms with van der Waals surface area (Å²) < 4.78 is 5.75. The summed E-state index contributed by atoms with van der Waals surface area (Å²) in [6.45, 7) is 6.76. The van der Waals surface area contributed by atoms with Gasteiger partial charge in [-0.25, -0.2) is 5.84 Å². The Balaban J connectivity index is 2.25. The van der Waals surface area contributed by atoms with Crippen molar-refractivity contribution < 1.29 is 9.53 Å². The third-order valence-electron chi connectivity index (χ3n) is 3.38. The van der Waals surface area contributed by atoms with Crippen LogP contribution < -0.4 is 16.0 Å². The maximum absolute atomic E-state index is 11.9. The number of aromatic amines is 1. The van der Waals surface area contributed by atoms with E-state index in [4.69, 9.17) is 10.6 Å². The molecular formula is C16H22N4O2. The first-order valence-corrected chi connectivity index (χ1v) is 7.32. The zero-order valence-corrected chi connectivity index (χ0v) is 13.1. The number of aryl methyl sites for hydroxylation is 1. The van der Waals surface area contributed by atoms with Gasteiger partial charge in [0.15, 0.2) is 0 Å². The van der Waals surface area contributed by atoms with Crippen molar-refractivity contribution in [3.63, 3.8) is 0 Å². The Morgan fingerprint density at radius 2 is 2.23 bits per heavy atom. The molecule has 0 aliphatic carbocycles. The van der Waals surface area contributed by atoms with E-state index in [1.165, 1.54) is 0 Å². The van der Waals surface area contributed by atoms with Crippen molar-refractivity contribution in [2.75, 3.05) is 6.61 Å². The van der Waals surface area contributed by atoms with E-state index in [1.807, 2.05) is 24.3 Å². The van der Waals surface area contributed by atoms with Crippen molar-refractivity contribution in [2.45, 2.75) is 27.2 Å². The molecule has 0 bridgehead atoms. The molecule has 6 nitrogen and oxygen atoms in total. The molecule has 1 aromatic carbocycles. The van der Waals surface area contributed by atoms with E-state index in [-0.39, 0.29) is 5.91 Å². The first kappa shape index (κ1) is 16.0. The van der Waals surface area contributed by atoms with Crippen LogP contribution in [0.5, 0.6) is 5.75 Å². The van der Waals surface area contributed by atoms with Crippen molar-refractivity contribution in [3.8, 4) is 17.0 Å².